The summed E-state index contributed by atoms with van der Waals surface area (Å²) < 4.78 is 5.62. The summed E-state index contributed by atoms with van der Waals surface area (Å²) in [5.41, 5.74) is 0.950. The molecule has 3 heterocycles. The third-order valence-electron chi connectivity index (χ3n) is 7.87. The number of carboxylic acids is 1. The first-order chi connectivity index (χ1) is 21.3. The van der Waals surface area contributed by atoms with E-state index in [-0.39, 0.29) is 31.3 Å². The number of ketones is 1. The number of carboxylic acid groups (broad SMARTS) is 1. The molecule has 2 aliphatic rings. The summed E-state index contributed by atoms with van der Waals surface area (Å²) in [6, 6.07) is 3.06. The van der Waals surface area contributed by atoms with Gasteiger partial charge in [-0.15, -0.1) is 0 Å². The van der Waals surface area contributed by atoms with Crippen LogP contribution in [-0.2, 0) is 24.0 Å². The molecule has 15 nitrogen and oxygen atoms in total. The van der Waals surface area contributed by atoms with E-state index >= 15 is 0 Å². The molecule has 2 fully saturated rings. The maximum Gasteiger partial charge on any atom is 0.327 e. The van der Waals surface area contributed by atoms with Crippen molar-refractivity contribution in [3.63, 3.8) is 0 Å². The summed E-state index contributed by atoms with van der Waals surface area (Å²) in [5, 5.41) is 14.4. The first kappa shape index (κ1) is 33.1. The van der Waals surface area contributed by atoms with E-state index in [4.69, 9.17) is 9.52 Å². The van der Waals surface area contributed by atoms with E-state index in [0.29, 0.717) is 28.8 Å². The van der Waals surface area contributed by atoms with Gasteiger partial charge in [0.05, 0.1) is 6.04 Å². The Hall–Kier alpha value is -4.82. The minimum absolute atomic E-state index is 0.0777. The smallest absolute Gasteiger partial charge is 0.327 e. The number of hydrogen-bond donors (Lipinski definition) is 3. The molecule has 4 rings (SSSR count). The van der Waals surface area contributed by atoms with E-state index in [1.165, 1.54) is 4.90 Å². The number of oxazole rings is 1. The van der Waals surface area contributed by atoms with E-state index < -0.39 is 78.5 Å². The molecule has 0 radical (unpaired) electrons. The van der Waals surface area contributed by atoms with Gasteiger partial charge in [-0.25, -0.2) is 9.78 Å². The van der Waals surface area contributed by atoms with Crippen LogP contribution in [0.2, 0.25) is 0 Å². The second-order valence-corrected chi connectivity index (χ2v) is 11.9. The maximum absolute atomic E-state index is 13.7. The minimum atomic E-state index is -1.26. The van der Waals surface area contributed by atoms with Gasteiger partial charge >= 0.3 is 12.0 Å². The molecule has 0 spiro atoms. The van der Waals surface area contributed by atoms with Crippen LogP contribution in [0, 0.1) is 11.8 Å². The number of para-hydroxylation sites is 2. The first-order valence-electron chi connectivity index (χ1n) is 14.9. The van der Waals surface area contributed by atoms with E-state index in [0.717, 1.165) is 4.90 Å². The fourth-order valence-electron chi connectivity index (χ4n) is 5.46. The van der Waals surface area contributed by atoms with Crippen LogP contribution in [-0.4, -0.2) is 111 Å². The topological polar surface area (TPSA) is 200 Å². The maximum atomic E-state index is 13.7. The Balaban J connectivity index is 1.43. The zero-order valence-corrected chi connectivity index (χ0v) is 25.6. The van der Waals surface area contributed by atoms with Crippen LogP contribution in [0.3, 0.4) is 0 Å². The number of amides is 6. The largest absolute Gasteiger partial charge is 0.480 e. The third kappa shape index (κ3) is 7.46. The average molecular weight is 627 g/mol. The van der Waals surface area contributed by atoms with Gasteiger partial charge in [0.2, 0.25) is 29.4 Å². The highest BCUT2D eigenvalue weighted by Gasteiger charge is 2.41. The van der Waals surface area contributed by atoms with Crippen molar-refractivity contribution in [1.82, 2.24) is 30.3 Å². The van der Waals surface area contributed by atoms with Gasteiger partial charge in [-0.1, -0.05) is 39.8 Å². The number of aliphatic carboxylic acids is 1. The van der Waals surface area contributed by atoms with Gasteiger partial charge in [-0.2, -0.15) is 0 Å². The predicted molar refractivity (Wildman–Crippen MR) is 158 cm³/mol. The fraction of sp³-hybridized carbons (Fsp3) is 0.533. The molecule has 6 amide bonds. The van der Waals surface area contributed by atoms with Gasteiger partial charge < -0.3 is 30.0 Å². The molecule has 0 unspecified atom stereocenters. The normalized spacial score (nSPS) is 18.4. The monoisotopic (exact) mass is 626 g/mol. The summed E-state index contributed by atoms with van der Waals surface area (Å²) in [6.07, 6.45) is 0.717. The fourth-order valence-corrected chi connectivity index (χ4v) is 5.46. The van der Waals surface area contributed by atoms with Crippen molar-refractivity contribution in [2.75, 3.05) is 26.2 Å². The van der Waals surface area contributed by atoms with E-state index in [1.807, 2.05) is 0 Å². The quantitative estimate of drug-likeness (QED) is 0.286. The highest BCUT2D eigenvalue weighted by molar-refractivity contribution is 6.03. The summed E-state index contributed by atoms with van der Waals surface area (Å²) in [4.78, 5) is 96.9. The number of aromatic nitrogens is 1. The first-order valence-corrected chi connectivity index (χ1v) is 14.9. The SMILES string of the molecule is CC(C)[C@H](NC(=O)[C@@H]1CCCN1C(=O)[C@@H](NC(=O)CN1C(=O)CCN(CC(=O)O)C1=O)C(C)C)C(=O)c1nc2ccccc2o1. The minimum Gasteiger partial charge on any atom is -0.480 e. The molecule has 45 heavy (non-hydrogen) atoms. The van der Waals surface area contributed by atoms with Crippen molar-refractivity contribution in [3.05, 3.63) is 30.2 Å². The van der Waals surface area contributed by atoms with Crippen LogP contribution in [0.25, 0.3) is 11.1 Å². The molecule has 242 valence electrons. The molecule has 1 aromatic heterocycles. The number of Topliss-reactive ketones (excluding diaryl/α,β-unsaturated/α-hetero) is 1. The molecule has 2 aromatic rings. The Morgan fingerprint density at radius 1 is 0.978 bits per heavy atom. The Morgan fingerprint density at radius 2 is 1.67 bits per heavy atom. The summed E-state index contributed by atoms with van der Waals surface area (Å²) in [5.74, 6) is -5.10. The van der Waals surface area contributed by atoms with Crippen molar-refractivity contribution >= 4 is 52.5 Å². The highest BCUT2D eigenvalue weighted by atomic mass is 16.4. The molecule has 0 saturated carbocycles. The van der Waals surface area contributed by atoms with E-state index in [9.17, 15) is 33.6 Å². The number of urea groups is 1. The summed E-state index contributed by atoms with van der Waals surface area (Å²) in [6.45, 7) is 5.80. The number of carbonyl (C=O) groups is 7. The van der Waals surface area contributed by atoms with Crippen LogP contribution in [0.4, 0.5) is 4.79 Å². The highest BCUT2D eigenvalue weighted by Crippen LogP contribution is 2.23. The molecular weight excluding hydrogens is 588 g/mol. The van der Waals surface area contributed by atoms with Crippen LogP contribution < -0.4 is 10.6 Å². The lowest BCUT2D eigenvalue weighted by Gasteiger charge is -2.34. The number of rotatable bonds is 12. The zero-order valence-electron chi connectivity index (χ0n) is 25.6. The van der Waals surface area contributed by atoms with Gasteiger partial charge in [-0.3, -0.25) is 33.7 Å². The molecule has 0 aliphatic carbocycles. The van der Waals surface area contributed by atoms with Crippen molar-refractivity contribution in [2.24, 2.45) is 11.8 Å². The van der Waals surface area contributed by atoms with Crippen molar-refractivity contribution in [2.45, 2.75) is 65.1 Å². The lowest BCUT2D eigenvalue weighted by Crippen LogP contribution is -2.59. The number of nitrogens with zero attached hydrogens (tertiary/aromatic N) is 4. The van der Waals surface area contributed by atoms with Gasteiger partial charge in [0.25, 0.3) is 5.89 Å². The van der Waals surface area contributed by atoms with E-state index in [2.05, 4.69) is 15.6 Å². The molecule has 3 N–H and O–H groups in total. The standard InChI is InChI=1S/C30H38N6O9/c1-16(2)24(26(41)28-31-18-8-5-6-10-20(18)45-28)33-27(42)19-9-7-12-35(19)29(43)25(17(3)4)32-21(37)14-36-22(38)11-13-34(30(36)44)15-23(39)40/h5-6,8,10,16-17,19,24-25H,7,9,11-15H2,1-4H3,(H,32,37)(H,33,42)(H,39,40)/t19-,24-,25-/m0/s1. The lowest BCUT2D eigenvalue weighted by atomic mass is 9.98. The van der Waals surface area contributed by atoms with Crippen LogP contribution in [0.5, 0.6) is 0 Å². The van der Waals surface area contributed by atoms with Crippen molar-refractivity contribution < 1.29 is 43.1 Å². The number of nitrogens with one attached hydrogen (secondary N) is 2. The van der Waals surface area contributed by atoms with Crippen LogP contribution in [0.15, 0.2) is 28.7 Å². The lowest BCUT2D eigenvalue weighted by molar-refractivity contribution is -0.143. The van der Waals surface area contributed by atoms with Crippen LogP contribution >= 0.6 is 0 Å². The molecule has 3 atom stereocenters. The molecule has 1 aromatic carbocycles. The Kier molecular flexibility index (Phi) is 10.2. The summed E-state index contributed by atoms with van der Waals surface area (Å²) >= 11 is 0. The number of carbonyl (C=O) groups excluding carboxylic acids is 6. The molecule has 2 aliphatic heterocycles. The number of fused-ring (bicyclic) bond motifs is 1. The van der Waals surface area contributed by atoms with Gasteiger partial charge in [0, 0.05) is 19.5 Å². The number of imide groups is 1. The van der Waals surface area contributed by atoms with Crippen molar-refractivity contribution in [3.8, 4) is 0 Å². The van der Waals surface area contributed by atoms with Gasteiger partial charge in [-0.05, 0) is 36.8 Å². The van der Waals surface area contributed by atoms with E-state index in [1.54, 1.807) is 52.0 Å². The molecule has 2 saturated heterocycles. The van der Waals surface area contributed by atoms with Gasteiger partial charge in [0.1, 0.15) is 30.7 Å². The Morgan fingerprint density at radius 3 is 2.31 bits per heavy atom. The molecular formula is C30H38N6O9. The molecule has 15 heteroatoms. The summed E-state index contributed by atoms with van der Waals surface area (Å²) in [7, 11) is 0. The number of hydrogen-bond acceptors (Lipinski definition) is 9. The molecule has 0 bridgehead atoms. The Labute approximate surface area is 259 Å². The second-order valence-electron chi connectivity index (χ2n) is 11.9. The van der Waals surface area contributed by atoms with Crippen molar-refractivity contribution in [1.29, 1.82) is 0 Å². The van der Waals surface area contributed by atoms with Gasteiger partial charge in [0.15, 0.2) is 5.58 Å². The zero-order chi connectivity index (χ0) is 33.0. The second kappa shape index (κ2) is 13.9. The third-order valence-corrected chi connectivity index (χ3v) is 7.87. The van der Waals surface area contributed by atoms with Crippen LogP contribution in [0.1, 0.15) is 57.6 Å². The predicted octanol–water partition coefficient (Wildman–Crippen LogP) is 1.02. The Bertz CT molecular complexity index is 1470. The number of likely N-dealkylation sites (tertiary alicyclic amines) is 1. The number of benzene rings is 1. The average Bonchev–Trinajstić information content (AvgIpc) is 3.65.